The van der Waals surface area contributed by atoms with Gasteiger partial charge in [0.1, 0.15) is 11.8 Å². The Labute approximate surface area is 239 Å². The van der Waals surface area contributed by atoms with Gasteiger partial charge in [0.25, 0.3) is 5.91 Å². The number of aryl methyl sites for hydroxylation is 1. The standard InChI is InChI=1S/C30H34N10O/c1-37-14-16-39(17-15-37)19-21-10-12-22(13-11-21)24-8-5-9-25(33-24)30(41)40(23-6-3-4-7-23)36-28-27-29(38(2)20-32-27)35-26(18-31)34-28/h5,8-13,20,23H,3-4,6-7,14-17,19H2,1-2H3,(H,34,35,36). The number of likely N-dealkylation sites (N-methyl/N-ethyl adjacent to an activating group) is 1. The van der Waals surface area contributed by atoms with Crippen molar-refractivity contribution >= 4 is 22.9 Å². The molecule has 2 aliphatic rings. The normalized spacial score (nSPS) is 16.6. The maximum Gasteiger partial charge on any atom is 0.291 e. The average Bonchev–Trinajstić information content (AvgIpc) is 3.67. The van der Waals surface area contributed by atoms with Crippen LogP contribution in [-0.4, -0.2) is 84.5 Å². The van der Waals surface area contributed by atoms with E-state index in [9.17, 15) is 10.1 Å². The summed E-state index contributed by atoms with van der Waals surface area (Å²) in [5.41, 5.74) is 7.56. The van der Waals surface area contributed by atoms with E-state index in [0.717, 1.165) is 69.7 Å². The molecule has 1 amide bonds. The molecular weight excluding hydrogens is 516 g/mol. The lowest BCUT2D eigenvalue weighted by atomic mass is 10.1. The highest BCUT2D eigenvalue weighted by molar-refractivity contribution is 5.95. The predicted molar refractivity (Wildman–Crippen MR) is 156 cm³/mol. The van der Waals surface area contributed by atoms with Crippen LogP contribution in [0.5, 0.6) is 0 Å². The van der Waals surface area contributed by atoms with Gasteiger partial charge in [0.2, 0.25) is 5.82 Å². The zero-order valence-corrected chi connectivity index (χ0v) is 23.5. The fraction of sp³-hybridized carbons (Fsp3) is 0.400. The van der Waals surface area contributed by atoms with Crippen LogP contribution in [0.3, 0.4) is 0 Å². The smallest absolute Gasteiger partial charge is 0.291 e. The van der Waals surface area contributed by atoms with E-state index in [0.29, 0.717) is 22.7 Å². The van der Waals surface area contributed by atoms with E-state index in [4.69, 9.17) is 4.98 Å². The molecule has 11 nitrogen and oxygen atoms in total. The topological polar surface area (TPSA) is 119 Å². The summed E-state index contributed by atoms with van der Waals surface area (Å²) in [4.78, 5) is 36.6. The summed E-state index contributed by atoms with van der Waals surface area (Å²) >= 11 is 0. The van der Waals surface area contributed by atoms with Gasteiger partial charge >= 0.3 is 0 Å². The second kappa shape index (κ2) is 11.6. The van der Waals surface area contributed by atoms with Crippen LogP contribution in [0, 0.1) is 11.3 Å². The molecule has 4 aromatic rings. The zero-order valence-electron chi connectivity index (χ0n) is 23.5. The number of hydrogen-bond acceptors (Lipinski definition) is 9. The molecule has 1 N–H and O–H groups in total. The maximum absolute atomic E-state index is 14.0. The van der Waals surface area contributed by atoms with Crippen LogP contribution in [-0.2, 0) is 13.6 Å². The number of imidazole rings is 1. The van der Waals surface area contributed by atoms with Crippen LogP contribution in [0.15, 0.2) is 48.8 Å². The number of nitriles is 1. The predicted octanol–water partition coefficient (Wildman–Crippen LogP) is 3.46. The van der Waals surface area contributed by atoms with Gasteiger partial charge in [-0.25, -0.2) is 15.0 Å². The molecule has 6 rings (SSSR count). The van der Waals surface area contributed by atoms with Crippen molar-refractivity contribution in [2.75, 3.05) is 38.7 Å². The summed E-state index contributed by atoms with van der Waals surface area (Å²) in [5.74, 6) is 0.102. The van der Waals surface area contributed by atoms with E-state index < -0.39 is 0 Å². The molecule has 0 bridgehead atoms. The number of benzene rings is 1. The van der Waals surface area contributed by atoms with Crippen molar-refractivity contribution in [3.05, 3.63) is 65.9 Å². The van der Waals surface area contributed by atoms with Gasteiger partial charge in [0.05, 0.1) is 18.1 Å². The molecule has 0 atom stereocenters. The summed E-state index contributed by atoms with van der Waals surface area (Å²) in [6.07, 6.45) is 5.44. The molecule has 3 aromatic heterocycles. The van der Waals surface area contributed by atoms with Gasteiger partial charge in [-0.2, -0.15) is 15.2 Å². The number of carbonyl (C=O) groups excluding carboxylic acids is 1. The Kier molecular flexibility index (Phi) is 7.59. The number of fused-ring (bicyclic) bond motifs is 1. The zero-order chi connectivity index (χ0) is 28.3. The number of pyridine rings is 1. The van der Waals surface area contributed by atoms with Gasteiger partial charge in [-0.1, -0.05) is 43.2 Å². The molecule has 1 aliphatic heterocycles. The number of nitrogens with one attached hydrogen (secondary N) is 1. The number of piperazine rings is 1. The molecule has 0 unspecified atom stereocenters. The summed E-state index contributed by atoms with van der Waals surface area (Å²) in [7, 11) is 3.97. The van der Waals surface area contributed by atoms with Crippen molar-refractivity contribution in [1.29, 1.82) is 5.26 Å². The van der Waals surface area contributed by atoms with E-state index in [1.165, 1.54) is 5.56 Å². The molecule has 210 valence electrons. The highest BCUT2D eigenvalue weighted by Gasteiger charge is 2.30. The first-order valence-electron chi connectivity index (χ1n) is 14.1. The Morgan fingerprint density at radius 3 is 2.51 bits per heavy atom. The van der Waals surface area contributed by atoms with Gasteiger partial charge in [-0.3, -0.25) is 15.1 Å². The number of carbonyl (C=O) groups is 1. The van der Waals surface area contributed by atoms with Crippen LogP contribution < -0.4 is 5.43 Å². The quantitative estimate of drug-likeness (QED) is 0.345. The Morgan fingerprint density at radius 2 is 1.78 bits per heavy atom. The number of rotatable bonds is 7. The van der Waals surface area contributed by atoms with Crippen molar-refractivity contribution in [3.63, 3.8) is 0 Å². The lowest BCUT2D eigenvalue weighted by molar-refractivity contribution is 0.0726. The minimum Gasteiger partial charge on any atom is -0.318 e. The fourth-order valence-corrected chi connectivity index (χ4v) is 5.60. The van der Waals surface area contributed by atoms with E-state index in [1.54, 1.807) is 22.0 Å². The minimum absolute atomic E-state index is 0.0126. The van der Waals surface area contributed by atoms with E-state index >= 15 is 0 Å². The lowest BCUT2D eigenvalue weighted by Gasteiger charge is -2.32. The van der Waals surface area contributed by atoms with Crippen molar-refractivity contribution in [2.45, 2.75) is 38.3 Å². The summed E-state index contributed by atoms with van der Waals surface area (Å²) in [5, 5.41) is 11.1. The molecule has 1 saturated heterocycles. The van der Waals surface area contributed by atoms with Crippen molar-refractivity contribution in [3.8, 4) is 17.3 Å². The number of anilines is 1. The fourth-order valence-electron chi connectivity index (χ4n) is 5.60. The molecule has 1 aliphatic carbocycles. The summed E-state index contributed by atoms with van der Waals surface area (Å²) < 4.78 is 1.73. The number of hydrazine groups is 1. The highest BCUT2D eigenvalue weighted by atomic mass is 16.2. The number of nitrogens with zero attached hydrogens (tertiary/aromatic N) is 9. The van der Waals surface area contributed by atoms with Crippen molar-refractivity contribution in [1.82, 2.24) is 39.3 Å². The third-order valence-electron chi connectivity index (χ3n) is 8.01. The maximum atomic E-state index is 14.0. The molecule has 0 radical (unpaired) electrons. The number of aromatic nitrogens is 5. The Hall–Kier alpha value is -4.40. The van der Waals surface area contributed by atoms with Crippen LogP contribution in [0.1, 0.15) is 47.6 Å². The van der Waals surface area contributed by atoms with Crippen LogP contribution in [0.4, 0.5) is 5.82 Å². The number of amides is 1. The molecule has 0 spiro atoms. The Bertz CT molecular complexity index is 1580. The number of hydrogen-bond donors (Lipinski definition) is 1. The van der Waals surface area contributed by atoms with Gasteiger partial charge in [0, 0.05) is 45.3 Å². The average molecular weight is 551 g/mol. The van der Waals surface area contributed by atoms with Gasteiger partial charge in [0.15, 0.2) is 17.0 Å². The monoisotopic (exact) mass is 550 g/mol. The first-order chi connectivity index (χ1) is 20.0. The van der Waals surface area contributed by atoms with Gasteiger partial charge < -0.3 is 9.47 Å². The van der Waals surface area contributed by atoms with E-state index in [1.807, 2.05) is 25.2 Å². The molecule has 11 heteroatoms. The summed E-state index contributed by atoms with van der Waals surface area (Å²) in [6.45, 7) is 5.28. The van der Waals surface area contributed by atoms with E-state index in [-0.39, 0.29) is 17.8 Å². The SMILES string of the molecule is CN1CCN(Cc2ccc(-c3cccc(C(=O)N(Nc4nc(C#N)nc5c4ncn5C)C4CCCC4)n3)cc2)CC1. The molecule has 2 fully saturated rings. The molecule has 41 heavy (non-hydrogen) atoms. The van der Waals surface area contributed by atoms with Crippen molar-refractivity contribution in [2.24, 2.45) is 7.05 Å². The van der Waals surface area contributed by atoms with Crippen LogP contribution in [0.2, 0.25) is 0 Å². The van der Waals surface area contributed by atoms with Crippen molar-refractivity contribution < 1.29 is 4.79 Å². The minimum atomic E-state index is -0.244. The second-order valence-corrected chi connectivity index (χ2v) is 10.9. The summed E-state index contributed by atoms with van der Waals surface area (Å²) in [6, 6.07) is 16.0. The van der Waals surface area contributed by atoms with Crippen LogP contribution >= 0.6 is 0 Å². The van der Waals surface area contributed by atoms with Gasteiger partial charge in [-0.05, 0) is 37.6 Å². The Morgan fingerprint density at radius 1 is 1.02 bits per heavy atom. The molecule has 4 heterocycles. The lowest BCUT2D eigenvalue weighted by Crippen LogP contribution is -2.44. The van der Waals surface area contributed by atoms with Crippen LogP contribution in [0.25, 0.3) is 22.4 Å². The first-order valence-corrected chi connectivity index (χ1v) is 14.1. The van der Waals surface area contributed by atoms with E-state index in [2.05, 4.69) is 61.5 Å². The second-order valence-electron chi connectivity index (χ2n) is 10.9. The first kappa shape index (κ1) is 26.8. The molecular formula is C30H34N10O. The molecule has 1 saturated carbocycles. The third-order valence-corrected chi connectivity index (χ3v) is 8.01. The van der Waals surface area contributed by atoms with Gasteiger partial charge in [-0.15, -0.1) is 0 Å². The molecule has 1 aromatic carbocycles. The Balaban J connectivity index is 1.24. The largest absolute Gasteiger partial charge is 0.318 e. The highest BCUT2D eigenvalue weighted by Crippen LogP contribution is 2.28. The third kappa shape index (κ3) is 5.75.